The third-order valence-electron chi connectivity index (χ3n) is 5.00. The molecule has 2 aromatic carbocycles. The largest absolute Gasteiger partial charge is 0.350 e. The average Bonchev–Trinajstić information content (AvgIpc) is 3.30. The second kappa shape index (κ2) is 9.32. The monoisotopic (exact) mass is 453 g/mol. The molecular weight excluding hydrogens is 434 g/mol. The topological polar surface area (TPSA) is 73.1 Å². The summed E-state index contributed by atoms with van der Waals surface area (Å²) in [4.78, 5) is 39.8. The SMILES string of the molecule is O=C(Cn1c(=O)n(CCc2cccs2)c(=O)c2ccccc21)NCc1ccc(Cl)cc1. The molecule has 0 aliphatic heterocycles. The van der Waals surface area contributed by atoms with E-state index in [2.05, 4.69) is 5.32 Å². The van der Waals surface area contributed by atoms with Gasteiger partial charge in [-0.15, -0.1) is 11.3 Å². The molecule has 0 radical (unpaired) electrons. The lowest BCUT2D eigenvalue weighted by Gasteiger charge is -2.14. The van der Waals surface area contributed by atoms with Crippen molar-refractivity contribution in [3.63, 3.8) is 0 Å². The van der Waals surface area contributed by atoms with Gasteiger partial charge in [-0.05, 0) is 47.7 Å². The summed E-state index contributed by atoms with van der Waals surface area (Å²) in [6.07, 6.45) is 0.577. The highest BCUT2D eigenvalue weighted by Crippen LogP contribution is 2.11. The van der Waals surface area contributed by atoms with Gasteiger partial charge in [0.15, 0.2) is 0 Å². The standard InChI is InChI=1S/C23H20ClN3O3S/c24-17-9-7-16(8-10-17)14-25-21(28)15-27-20-6-2-1-5-19(20)22(29)26(23(27)30)12-11-18-4-3-13-31-18/h1-10,13H,11-12,14-15H2,(H,25,28). The zero-order chi connectivity index (χ0) is 21.8. The van der Waals surface area contributed by atoms with Crippen LogP contribution in [0, 0.1) is 0 Å². The molecule has 0 unspecified atom stereocenters. The molecule has 2 aromatic heterocycles. The molecule has 1 N–H and O–H groups in total. The van der Waals surface area contributed by atoms with Crippen LogP contribution in [0.15, 0.2) is 75.6 Å². The highest BCUT2D eigenvalue weighted by Gasteiger charge is 2.15. The van der Waals surface area contributed by atoms with Crippen molar-refractivity contribution < 1.29 is 4.79 Å². The molecule has 2 heterocycles. The van der Waals surface area contributed by atoms with Crippen molar-refractivity contribution in [1.82, 2.24) is 14.5 Å². The zero-order valence-electron chi connectivity index (χ0n) is 16.6. The number of benzene rings is 2. The van der Waals surface area contributed by atoms with E-state index in [9.17, 15) is 14.4 Å². The summed E-state index contributed by atoms with van der Waals surface area (Å²) in [6, 6.07) is 17.9. The molecule has 0 atom stereocenters. The van der Waals surface area contributed by atoms with E-state index >= 15 is 0 Å². The number of halogens is 1. The van der Waals surface area contributed by atoms with Crippen LogP contribution in [-0.2, 0) is 30.8 Å². The highest BCUT2D eigenvalue weighted by atomic mass is 35.5. The average molecular weight is 454 g/mol. The number of para-hydroxylation sites is 1. The fraction of sp³-hybridized carbons (Fsp3) is 0.174. The molecule has 0 bridgehead atoms. The lowest BCUT2D eigenvalue weighted by molar-refractivity contribution is -0.121. The predicted molar refractivity (Wildman–Crippen MR) is 124 cm³/mol. The molecule has 4 aromatic rings. The van der Waals surface area contributed by atoms with Crippen LogP contribution < -0.4 is 16.6 Å². The minimum atomic E-state index is -0.484. The first-order chi connectivity index (χ1) is 15.0. The number of fused-ring (bicyclic) bond motifs is 1. The number of hydrogen-bond acceptors (Lipinski definition) is 4. The van der Waals surface area contributed by atoms with Crippen LogP contribution in [0.4, 0.5) is 0 Å². The van der Waals surface area contributed by atoms with Crippen molar-refractivity contribution >= 4 is 39.7 Å². The van der Waals surface area contributed by atoms with E-state index in [1.54, 1.807) is 47.7 Å². The number of rotatable bonds is 7. The molecule has 158 valence electrons. The van der Waals surface area contributed by atoms with Crippen LogP contribution in [0.1, 0.15) is 10.4 Å². The van der Waals surface area contributed by atoms with Gasteiger partial charge in [-0.3, -0.25) is 18.7 Å². The summed E-state index contributed by atoms with van der Waals surface area (Å²) in [7, 11) is 0. The van der Waals surface area contributed by atoms with Gasteiger partial charge in [0.05, 0.1) is 10.9 Å². The van der Waals surface area contributed by atoms with Gasteiger partial charge in [0.25, 0.3) is 5.56 Å². The van der Waals surface area contributed by atoms with Crippen LogP contribution in [0.5, 0.6) is 0 Å². The Labute approximate surface area is 187 Å². The molecule has 1 amide bonds. The molecule has 0 aliphatic carbocycles. The number of amides is 1. The van der Waals surface area contributed by atoms with Gasteiger partial charge in [-0.25, -0.2) is 4.79 Å². The van der Waals surface area contributed by atoms with E-state index in [0.717, 1.165) is 10.4 Å². The molecule has 0 saturated carbocycles. The van der Waals surface area contributed by atoms with Crippen LogP contribution in [0.3, 0.4) is 0 Å². The maximum atomic E-state index is 13.1. The molecule has 0 aliphatic rings. The van der Waals surface area contributed by atoms with Crippen LogP contribution >= 0.6 is 22.9 Å². The van der Waals surface area contributed by atoms with E-state index in [0.29, 0.717) is 28.9 Å². The highest BCUT2D eigenvalue weighted by molar-refractivity contribution is 7.09. The third kappa shape index (κ3) is 4.78. The summed E-state index contributed by atoms with van der Waals surface area (Å²) in [5.74, 6) is -0.314. The lowest BCUT2D eigenvalue weighted by atomic mass is 10.2. The zero-order valence-corrected chi connectivity index (χ0v) is 18.2. The second-order valence-electron chi connectivity index (χ2n) is 7.08. The summed E-state index contributed by atoms with van der Waals surface area (Å²) < 4.78 is 2.58. The van der Waals surface area contributed by atoms with Crippen molar-refractivity contribution in [2.45, 2.75) is 26.1 Å². The van der Waals surface area contributed by atoms with E-state index < -0.39 is 5.69 Å². The minimum absolute atomic E-state index is 0.174. The molecule has 4 rings (SSSR count). The molecule has 0 spiro atoms. The number of aryl methyl sites for hydroxylation is 1. The normalized spacial score (nSPS) is 11.0. The Morgan fingerprint density at radius 2 is 1.74 bits per heavy atom. The first kappa shape index (κ1) is 21.1. The van der Waals surface area contributed by atoms with E-state index in [1.165, 1.54) is 9.13 Å². The van der Waals surface area contributed by atoms with Gasteiger partial charge in [0.2, 0.25) is 5.91 Å². The van der Waals surface area contributed by atoms with Crippen molar-refractivity contribution in [2.24, 2.45) is 0 Å². The number of nitrogens with zero attached hydrogens (tertiary/aromatic N) is 2. The molecule has 0 fully saturated rings. The van der Waals surface area contributed by atoms with Gasteiger partial charge in [0.1, 0.15) is 6.54 Å². The van der Waals surface area contributed by atoms with Gasteiger partial charge >= 0.3 is 5.69 Å². The number of carbonyl (C=O) groups excluding carboxylic acids is 1. The second-order valence-corrected chi connectivity index (χ2v) is 8.54. The van der Waals surface area contributed by atoms with E-state index in [4.69, 9.17) is 11.6 Å². The van der Waals surface area contributed by atoms with E-state index in [-0.39, 0.29) is 24.6 Å². The summed E-state index contributed by atoms with van der Waals surface area (Å²) in [5.41, 5.74) is 0.527. The first-order valence-electron chi connectivity index (χ1n) is 9.79. The van der Waals surface area contributed by atoms with Gasteiger partial charge in [-0.2, -0.15) is 0 Å². The lowest BCUT2D eigenvalue weighted by Crippen LogP contribution is -2.42. The smallest absolute Gasteiger partial charge is 0.331 e. The summed E-state index contributed by atoms with van der Waals surface area (Å²) in [6.45, 7) is 0.405. The Bertz CT molecular complexity index is 1330. The first-order valence-corrected chi connectivity index (χ1v) is 11.0. The maximum absolute atomic E-state index is 13.1. The Morgan fingerprint density at radius 1 is 0.968 bits per heavy atom. The number of thiophene rings is 1. The molecule has 8 heteroatoms. The predicted octanol–water partition coefficient (Wildman–Crippen LogP) is 3.44. The molecular formula is C23H20ClN3O3S. The Hall–Kier alpha value is -3.16. The fourth-order valence-corrected chi connectivity index (χ4v) is 4.22. The van der Waals surface area contributed by atoms with Crippen LogP contribution in [0.2, 0.25) is 5.02 Å². The fourth-order valence-electron chi connectivity index (χ4n) is 3.40. The Kier molecular flexibility index (Phi) is 6.34. The molecule has 0 saturated heterocycles. The number of aromatic nitrogens is 2. The molecule has 6 nitrogen and oxygen atoms in total. The quantitative estimate of drug-likeness (QED) is 0.466. The Balaban J connectivity index is 1.61. The summed E-state index contributed by atoms with van der Waals surface area (Å²) >= 11 is 7.47. The van der Waals surface area contributed by atoms with Gasteiger partial charge < -0.3 is 5.32 Å². The van der Waals surface area contributed by atoms with Crippen LogP contribution in [0.25, 0.3) is 10.9 Å². The van der Waals surface area contributed by atoms with Crippen molar-refractivity contribution in [1.29, 1.82) is 0 Å². The third-order valence-corrected chi connectivity index (χ3v) is 6.19. The van der Waals surface area contributed by atoms with E-state index in [1.807, 2.05) is 29.6 Å². The van der Waals surface area contributed by atoms with Gasteiger partial charge in [-0.1, -0.05) is 41.9 Å². The Morgan fingerprint density at radius 3 is 2.48 bits per heavy atom. The minimum Gasteiger partial charge on any atom is -0.350 e. The number of nitrogens with one attached hydrogen (secondary N) is 1. The van der Waals surface area contributed by atoms with Gasteiger partial charge in [0, 0.05) is 23.0 Å². The molecule has 31 heavy (non-hydrogen) atoms. The summed E-state index contributed by atoms with van der Waals surface area (Å²) in [5, 5.41) is 5.82. The van der Waals surface area contributed by atoms with Crippen molar-refractivity contribution in [3.8, 4) is 0 Å². The van der Waals surface area contributed by atoms with Crippen LogP contribution in [-0.4, -0.2) is 15.0 Å². The maximum Gasteiger partial charge on any atom is 0.331 e. The number of hydrogen-bond donors (Lipinski definition) is 1. The van der Waals surface area contributed by atoms with Crippen molar-refractivity contribution in [2.75, 3.05) is 0 Å². The number of carbonyl (C=O) groups is 1. The van der Waals surface area contributed by atoms with Crippen molar-refractivity contribution in [3.05, 3.63) is 102 Å².